The Morgan fingerprint density at radius 2 is 1.97 bits per heavy atom. The number of carbonyl (C=O) groups is 2. The van der Waals surface area contributed by atoms with Gasteiger partial charge in [0.25, 0.3) is 11.8 Å². The molecule has 1 atom stereocenters. The van der Waals surface area contributed by atoms with E-state index in [2.05, 4.69) is 15.6 Å². The van der Waals surface area contributed by atoms with Crippen LogP contribution in [-0.2, 0) is 9.53 Å². The Kier molecular flexibility index (Phi) is 6.30. The molecule has 6 nitrogen and oxygen atoms in total. The van der Waals surface area contributed by atoms with Gasteiger partial charge >= 0.3 is 0 Å². The Morgan fingerprint density at radius 3 is 2.71 bits per heavy atom. The summed E-state index contributed by atoms with van der Waals surface area (Å²) in [4.78, 5) is 30.1. The average molecular weight is 436 g/mol. The number of ether oxygens (including phenoxy) is 1. The minimum absolute atomic E-state index is 0.0690. The van der Waals surface area contributed by atoms with Gasteiger partial charge in [-0.25, -0.2) is 4.98 Å². The van der Waals surface area contributed by atoms with E-state index in [-0.39, 0.29) is 17.1 Å². The zero-order chi connectivity index (χ0) is 21.8. The largest absolute Gasteiger partial charge is 0.359 e. The Labute approximate surface area is 185 Å². The molecule has 0 aliphatic carbocycles. The molecule has 2 aromatic carbocycles. The van der Waals surface area contributed by atoms with Crippen LogP contribution in [0, 0.1) is 6.92 Å². The van der Waals surface area contributed by atoms with E-state index in [0.29, 0.717) is 17.7 Å². The van der Waals surface area contributed by atoms with Gasteiger partial charge in [0.1, 0.15) is 17.1 Å². The number of hydrogen-bond acceptors (Lipinski definition) is 4. The molecule has 1 fully saturated rings. The van der Waals surface area contributed by atoms with Crippen molar-refractivity contribution < 1.29 is 14.3 Å². The highest BCUT2D eigenvalue weighted by Gasteiger charge is 2.22. The average Bonchev–Trinajstić information content (AvgIpc) is 3.27. The third-order valence-corrected chi connectivity index (χ3v) is 5.31. The maximum absolute atomic E-state index is 13.0. The highest BCUT2D eigenvalue weighted by molar-refractivity contribution is 6.31. The highest BCUT2D eigenvalue weighted by atomic mass is 35.5. The van der Waals surface area contributed by atoms with Crippen molar-refractivity contribution in [2.75, 3.05) is 6.61 Å². The summed E-state index contributed by atoms with van der Waals surface area (Å²) in [5.41, 5.74) is 2.88. The number of nitrogens with one attached hydrogen (secondary N) is 2. The second kappa shape index (κ2) is 9.29. The van der Waals surface area contributed by atoms with E-state index in [0.717, 1.165) is 29.3 Å². The molecule has 158 valence electrons. The van der Waals surface area contributed by atoms with Crippen molar-refractivity contribution in [2.24, 2.45) is 0 Å². The maximum atomic E-state index is 13.0. The highest BCUT2D eigenvalue weighted by Crippen LogP contribution is 2.23. The molecule has 1 unspecified atom stereocenters. The normalized spacial score (nSPS) is 16.3. The Balaban J connectivity index is 1.68. The first-order valence-electron chi connectivity index (χ1n) is 10.1. The molecule has 0 spiro atoms. The lowest BCUT2D eigenvalue weighted by atomic mass is 10.1. The van der Waals surface area contributed by atoms with Gasteiger partial charge in [0.05, 0.1) is 5.52 Å². The third kappa shape index (κ3) is 5.10. The molecule has 2 heterocycles. The second-order valence-electron chi connectivity index (χ2n) is 7.42. The molecule has 31 heavy (non-hydrogen) atoms. The number of rotatable bonds is 5. The van der Waals surface area contributed by atoms with E-state index >= 15 is 0 Å². The number of fused-ring (bicyclic) bond motifs is 1. The van der Waals surface area contributed by atoms with Crippen molar-refractivity contribution in [3.63, 3.8) is 0 Å². The van der Waals surface area contributed by atoms with Crippen molar-refractivity contribution in [2.45, 2.75) is 26.0 Å². The molecular weight excluding hydrogens is 414 g/mol. The molecule has 0 bridgehead atoms. The molecule has 7 heteroatoms. The monoisotopic (exact) mass is 435 g/mol. The molecule has 3 aromatic rings. The first-order chi connectivity index (χ1) is 15.0. The summed E-state index contributed by atoms with van der Waals surface area (Å²) in [5, 5.41) is 6.65. The number of pyridine rings is 1. The summed E-state index contributed by atoms with van der Waals surface area (Å²) < 4.78 is 5.50. The van der Waals surface area contributed by atoms with E-state index in [1.54, 1.807) is 30.3 Å². The lowest BCUT2D eigenvalue weighted by Gasteiger charge is -2.15. The van der Waals surface area contributed by atoms with E-state index in [4.69, 9.17) is 16.3 Å². The summed E-state index contributed by atoms with van der Waals surface area (Å²) in [6.07, 6.45) is 2.76. The van der Waals surface area contributed by atoms with Gasteiger partial charge in [-0.15, -0.1) is 0 Å². The number of amides is 2. The molecule has 1 aliphatic heterocycles. The number of aromatic nitrogens is 1. The number of carbonyl (C=O) groups excluding carboxylic acids is 2. The molecule has 1 aliphatic rings. The number of benzene rings is 2. The van der Waals surface area contributed by atoms with Crippen LogP contribution in [0.2, 0.25) is 5.15 Å². The van der Waals surface area contributed by atoms with Gasteiger partial charge < -0.3 is 15.4 Å². The predicted molar refractivity (Wildman–Crippen MR) is 120 cm³/mol. The fourth-order valence-corrected chi connectivity index (χ4v) is 3.58. The van der Waals surface area contributed by atoms with Gasteiger partial charge in [-0.3, -0.25) is 9.59 Å². The zero-order valence-corrected chi connectivity index (χ0v) is 17.8. The first-order valence-corrected chi connectivity index (χ1v) is 10.4. The topological polar surface area (TPSA) is 80.3 Å². The van der Waals surface area contributed by atoms with Gasteiger partial charge in [-0.2, -0.15) is 0 Å². The first kappa shape index (κ1) is 21.0. The van der Waals surface area contributed by atoms with Crippen LogP contribution in [0.25, 0.3) is 17.0 Å². The van der Waals surface area contributed by atoms with E-state index in [1.165, 1.54) is 0 Å². The number of halogens is 1. The minimum Gasteiger partial charge on any atom is -0.359 e. The van der Waals surface area contributed by atoms with Crippen molar-refractivity contribution in [3.05, 3.63) is 82.1 Å². The van der Waals surface area contributed by atoms with Gasteiger partial charge in [0, 0.05) is 23.1 Å². The van der Waals surface area contributed by atoms with Gasteiger partial charge in [0.2, 0.25) is 0 Å². The molecule has 1 aromatic heterocycles. The standard InChI is InChI=1S/C24H22ClN3O3/c1-15-9-10-17-13-18(22(25)26-19(17)12-15)14-20(24(30)28-21-8-5-11-31-21)27-23(29)16-6-3-2-4-7-16/h2-4,6-7,9-10,12-14,21H,5,8,11H2,1H3,(H,27,29)(H,28,30). The summed E-state index contributed by atoms with van der Waals surface area (Å²) in [5.74, 6) is -0.842. The van der Waals surface area contributed by atoms with Crippen LogP contribution in [-0.4, -0.2) is 29.6 Å². The van der Waals surface area contributed by atoms with Crippen molar-refractivity contribution >= 4 is 40.4 Å². The fraction of sp³-hybridized carbons (Fsp3) is 0.208. The fourth-order valence-electron chi connectivity index (χ4n) is 3.38. The molecule has 1 saturated heterocycles. The summed E-state index contributed by atoms with van der Waals surface area (Å²) in [6, 6.07) is 16.4. The Hall–Kier alpha value is -3.22. The van der Waals surface area contributed by atoms with E-state index in [9.17, 15) is 9.59 Å². The quantitative estimate of drug-likeness (QED) is 0.464. The molecule has 0 radical (unpaired) electrons. The SMILES string of the molecule is Cc1ccc2cc(C=C(NC(=O)c3ccccc3)C(=O)NC3CCCO3)c(Cl)nc2c1. The molecular formula is C24H22ClN3O3. The number of nitrogens with zero attached hydrogens (tertiary/aromatic N) is 1. The smallest absolute Gasteiger partial charge is 0.269 e. The second-order valence-corrected chi connectivity index (χ2v) is 7.78. The van der Waals surface area contributed by atoms with E-state index in [1.807, 2.05) is 37.3 Å². The molecule has 2 amide bonds. The van der Waals surface area contributed by atoms with Crippen LogP contribution in [0.3, 0.4) is 0 Å². The van der Waals surface area contributed by atoms with Crippen LogP contribution in [0.4, 0.5) is 0 Å². The number of hydrogen-bond donors (Lipinski definition) is 2. The van der Waals surface area contributed by atoms with Crippen molar-refractivity contribution in [1.82, 2.24) is 15.6 Å². The van der Waals surface area contributed by atoms with Crippen LogP contribution >= 0.6 is 11.6 Å². The van der Waals surface area contributed by atoms with E-state index < -0.39 is 11.8 Å². The third-order valence-electron chi connectivity index (χ3n) is 5.00. The molecule has 0 saturated carbocycles. The van der Waals surface area contributed by atoms with Crippen LogP contribution in [0.15, 0.2) is 60.3 Å². The van der Waals surface area contributed by atoms with Crippen LogP contribution < -0.4 is 10.6 Å². The van der Waals surface area contributed by atoms with Crippen molar-refractivity contribution in [1.29, 1.82) is 0 Å². The molecule has 2 N–H and O–H groups in total. The van der Waals surface area contributed by atoms with Gasteiger partial charge in [-0.1, -0.05) is 41.9 Å². The minimum atomic E-state index is -0.448. The summed E-state index contributed by atoms with van der Waals surface area (Å²) in [7, 11) is 0. The predicted octanol–water partition coefficient (Wildman–Crippen LogP) is 4.22. The molecule has 4 rings (SSSR count). The number of aryl methyl sites for hydroxylation is 1. The van der Waals surface area contributed by atoms with Crippen LogP contribution in [0.5, 0.6) is 0 Å². The van der Waals surface area contributed by atoms with Gasteiger partial charge in [-0.05, 0) is 55.7 Å². The maximum Gasteiger partial charge on any atom is 0.269 e. The summed E-state index contributed by atoms with van der Waals surface area (Å²) in [6.45, 7) is 2.58. The lowest BCUT2D eigenvalue weighted by Crippen LogP contribution is -2.40. The zero-order valence-electron chi connectivity index (χ0n) is 17.0. The van der Waals surface area contributed by atoms with Crippen molar-refractivity contribution in [3.8, 4) is 0 Å². The Bertz CT molecular complexity index is 1160. The summed E-state index contributed by atoms with van der Waals surface area (Å²) >= 11 is 6.40. The lowest BCUT2D eigenvalue weighted by molar-refractivity contribution is -0.120. The van der Waals surface area contributed by atoms with Crippen LogP contribution in [0.1, 0.15) is 34.3 Å². The Morgan fingerprint density at radius 1 is 1.16 bits per heavy atom. The van der Waals surface area contributed by atoms with Gasteiger partial charge in [0.15, 0.2) is 0 Å².